The standard InChI is InChI=1S/C12H15F3N2.C11H13F3N2/c1-16-5-7-17(8-6-16)11-4-2-3-10(9-11)12(13,14)15;12-11(13,14)9-2-1-3-10(8-9)16-6-4-15-5-7-16/h2-4,9H,5-8H2,1H3;1-3,8,15H,4-7H2. The molecule has 0 aliphatic carbocycles. The fraction of sp³-hybridized carbons (Fsp3) is 0.478. The highest BCUT2D eigenvalue weighted by Crippen LogP contribution is 2.32. The number of nitrogens with one attached hydrogen (secondary N) is 1. The van der Waals surface area contributed by atoms with Crippen molar-refractivity contribution in [3.63, 3.8) is 0 Å². The predicted octanol–water partition coefficient (Wildman–Crippen LogP) is 4.57. The Morgan fingerprint density at radius 1 is 0.636 bits per heavy atom. The zero-order chi connectivity index (χ0) is 24.1. The molecule has 2 aliphatic heterocycles. The monoisotopic (exact) mass is 474 g/mol. The Bertz CT molecular complexity index is 885. The third-order valence-electron chi connectivity index (χ3n) is 5.70. The van der Waals surface area contributed by atoms with Crippen molar-refractivity contribution in [3.05, 3.63) is 59.7 Å². The highest BCUT2D eigenvalue weighted by atomic mass is 19.4. The Hall–Kier alpha value is -2.46. The lowest BCUT2D eigenvalue weighted by Crippen LogP contribution is -2.44. The van der Waals surface area contributed by atoms with Crippen molar-refractivity contribution >= 4 is 11.4 Å². The Morgan fingerprint density at radius 3 is 1.48 bits per heavy atom. The molecular weight excluding hydrogens is 446 g/mol. The average Bonchev–Trinajstić information content (AvgIpc) is 2.80. The van der Waals surface area contributed by atoms with Crippen LogP contribution in [0.3, 0.4) is 0 Å². The van der Waals surface area contributed by atoms with Crippen molar-refractivity contribution in [1.29, 1.82) is 0 Å². The number of piperazine rings is 2. The van der Waals surface area contributed by atoms with Crippen LogP contribution in [0.1, 0.15) is 11.1 Å². The van der Waals surface area contributed by atoms with Gasteiger partial charge in [0.2, 0.25) is 0 Å². The molecule has 0 amide bonds. The van der Waals surface area contributed by atoms with Gasteiger partial charge < -0.3 is 20.0 Å². The zero-order valence-corrected chi connectivity index (χ0v) is 18.4. The van der Waals surface area contributed by atoms with Crippen LogP contribution in [0.5, 0.6) is 0 Å². The second-order valence-electron chi connectivity index (χ2n) is 8.12. The SMILES string of the molecule is CN1CCN(c2cccc(C(F)(F)F)c2)CC1.FC(F)(F)c1cccc(N2CCNCC2)c1. The highest BCUT2D eigenvalue weighted by molar-refractivity contribution is 5.50. The maximum atomic E-state index is 12.6. The Kier molecular flexibility index (Phi) is 8.12. The van der Waals surface area contributed by atoms with E-state index in [4.69, 9.17) is 0 Å². The van der Waals surface area contributed by atoms with Gasteiger partial charge in [-0.2, -0.15) is 26.3 Å². The maximum absolute atomic E-state index is 12.6. The molecule has 1 N–H and O–H groups in total. The van der Waals surface area contributed by atoms with E-state index in [1.54, 1.807) is 12.1 Å². The van der Waals surface area contributed by atoms with Crippen LogP contribution in [0.4, 0.5) is 37.7 Å². The van der Waals surface area contributed by atoms with E-state index in [0.29, 0.717) is 11.4 Å². The van der Waals surface area contributed by atoms with Gasteiger partial charge in [0.1, 0.15) is 0 Å². The second-order valence-corrected chi connectivity index (χ2v) is 8.12. The summed E-state index contributed by atoms with van der Waals surface area (Å²) in [6.45, 7) is 6.46. The molecule has 2 heterocycles. The molecule has 0 radical (unpaired) electrons. The van der Waals surface area contributed by atoms with Crippen LogP contribution in [0.25, 0.3) is 0 Å². The first kappa shape index (κ1) is 25.2. The number of rotatable bonds is 2. The molecular formula is C23H28F6N4. The van der Waals surface area contributed by atoms with Gasteiger partial charge in [0.05, 0.1) is 11.1 Å². The summed E-state index contributed by atoms with van der Waals surface area (Å²) in [5.74, 6) is 0. The highest BCUT2D eigenvalue weighted by Gasteiger charge is 2.31. The minimum Gasteiger partial charge on any atom is -0.369 e. The number of hydrogen-bond acceptors (Lipinski definition) is 4. The van der Waals surface area contributed by atoms with Gasteiger partial charge in [-0.05, 0) is 43.4 Å². The average molecular weight is 474 g/mol. The molecule has 0 saturated carbocycles. The predicted molar refractivity (Wildman–Crippen MR) is 118 cm³/mol. The summed E-state index contributed by atoms with van der Waals surface area (Å²) in [6, 6.07) is 11.0. The summed E-state index contributed by atoms with van der Waals surface area (Å²) in [4.78, 5) is 6.13. The number of hydrogen-bond donors (Lipinski definition) is 1. The molecule has 0 unspecified atom stereocenters. The first-order valence-corrected chi connectivity index (χ1v) is 10.8. The molecule has 0 spiro atoms. The van der Waals surface area contributed by atoms with E-state index in [1.807, 2.05) is 16.8 Å². The molecule has 4 rings (SSSR count). The van der Waals surface area contributed by atoms with Crippen LogP contribution in [0.2, 0.25) is 0 Å². The van der Waals surface area contributed by atoms with Crippen LogP contribution in [0.15, 0.2) is 48.5 Å². The van der Waals surface area contributed by atoms with Gasteiger partial charge in [0.25, 0.3) is 0 Å². The van der Waals surface area contributed by atoms with E-state index >= 15 is 0 Å². The summed E-state index contributed by atoms with van der Waals surface area (Å²) >= 11 is 0. The van der Waals surface area contributed by atoms with E-state index in [0.717, 1.165) is 64.5 Å². The topological polar surface area (TPSA) is 21.8 Å². The summed E-state index contributed by atoms with van der Waals surface area (Å²) in [5, 5.41) is 3.17. The first-order valence-electron chi connectivity index (χ1n) is 10.8. The number of alkyl halides is 6. The third-order valence-corrected chi connectivity index (χ3v) is 5.70. The van der Waals surface area contributed by atoms with E-state index < -0.39 is 23.5 Å². The number of anilines is 2. The van der Waals surface area contributed by atoms with Crippen molar-refractivity contribution in [2.45, 2.75) is 12.4 Å². The van der Waals surface area contributed by atoms with Crippen molar-refractivity contribution in [2.24, 2.45) is 0 Å². The van der Waals surface area contributed by atoms with Crippen molar-refractivity contribution in [1.82, 2.24) is 10.2 Å². The lowest BCUT2D eigenvalue weighted by atomic mass is 10.1. The number of nitrogens with zero attached hydrogens (tertiary/aromatic N) is 3. The largest absolute Gasteiger partial charge is 0.416 e. The molecule has 0 bridgehead atoms. The van der Waals surface area contributed by atoms with Gasteiger partial charge in [-0.3, -0.25) is 0 Å². The molecule has 2 fully saturated rings. The Morgan fingerprint density at radius 2 is 1.06 bits per heavy atom. The first-order chi connectivity index (χ1) is 15.5. The van der Waals surface area contributed by atoms with Crippen molar-refractivity contribution < 1.29 is 26.3 Å². The van der Waals surface area contributed by atoms with Crippen LogP contribution < -0.4 is 15.1 Å². The van der Waals surface area contributed by atoms with Crippen molar-refractivity contribution in [3.8, 4) is 0 Å². The molecule has 10 heteroatoms. The van der Waals surface area contributed by atoms with Crippen LogP contribution in [-0.2, 0) is 12.4 Å². The minimum atomic E-state index is -4.26. The van der Waals surface area contributed by atoms with E-state index in [9.17, 15) is 26.3 Å². The molecule has 182 valence electrons. The van der Waals surface area contributed by atoms with E-state index in [2.05, 4.69) is 10.2 Å². The number of benzene rings is 2. The molecule has 33 heavy (non-hydrogen) atoms. The van der Waals surface area contributed by atoms with Crippen LogP contribution in [0, 0.1) is 0 Å². The fourth-order valence-corrected chi connectivity index (χ4v) is 3.75. The van der Waals surface area contributed by atoms with E-state index in [1.165, 1.54) is 24.3 Å². The summed E-state index contributed by atoms with van der Waals surface area (Å²) in [5.41, 5.74) is 0.154. The molecule has 2 saturated heterocycles. The maximum Gasteiger partial charge on any atom is 0.416 e. The molecule has 4 nitrogen and oxygen atoms in total. The molecule has 0 atom stereocenters. The lowest BCUT2D eigenvalue weighted by Gasteiger charge is -2.34. The molecule has 0 aromatic heterocycles. The Balaban J connectivity index is 0.000000186. The summed E-state index contributed by atoms with van der Waals surface area (Å²) in [7, 11) is 2.02. The third kappa shape index (κ3) is 7.26. The fourth-order valence-electron chi connectivity index (χ4n) is 3.75. The van der Waals surface area contributed by atoms with Crippen LogP contribution >= 0.6 is 0 Å². The normalized spacial score (nSPS) is 18.0. The lowest BCUT2D eigenvalue weighted by molar-refractivity contribution is -0.138. The Labute approximate surface area is 189 Å². The smallest absolute Gasteiger partial charge is 0.369 e. The molecule has 2 aromatic carbocycles. The van der Waals surface area contributed by atoms with Gasteiger partial charge in [0.15, 0.2) is 0 Å². The number of likely N-dealkylation sites (N-methyl/N-ethyl adjacent to an activating group) is 1. The second kappa shape index (κ2) is 10.6. The van der Waals surface area contributed by atoms with Crippen LogP contribution in [-0.4, -0.2) is 64.3 Å². The van der Waals surface area contributed by atoms with Crippen molar-refractivity contribution in [2.75, 3.05) is 69.2 Å². The summed E-state index contributed by atoms with van der Waals surface area (Å²) < 4.78 is 75.2. The van der Waals surface area contributed by atoms with E-state index in [-0.39, 0.29) is 0 Å². The minimum absolute atomic E-state index is 0.575. The number of halogens is 6. The molecule has 2 aromatic rings. The van der Waals surface area contributed by atoms with Gasteiger partial charge in [-0.25, -0.2) is 0 Å². The van der Waals surface area contributed by atoms with Gasteiger partial charge in [-0.15, -0.1) is 0 Å². The van der Waals surface area contributed by atoms with Gasteiger partial charge in [0, 0.05) is 63.7 Å². The van der Waals surface area contributed by atoms with Gasteiger partial charge >= 0.3 is 12.4 Å². The summed E-state index contributed by atoms with van der Waals surface area (Å²) in [6.07, 6.45) is -8.52. The quantitative estimate of drug-likeness (QED) is 0.644. The zero-order valence-electron chi connectivity index (χ0n) is 18.4. The molecule has 2 aliphatic rings. The van der Waals surface area contributed by atoms with Gasteiger partial charge in [-0.1, -0.05) is 12.1 Å².